The van der Waals surface area contributed by atoms with Gasteiger partial charge < -0.3 is 14.2 Å². The van der Waals surface area contributed by atoms with Gasteiger partial charge in [-0.1, -0.05) is 0 Å². The number of rotatable bonds is 5. The zero-order valence-corrected chi connectivity index (χ0v) is 8.57. The molecule has 0 radical (unpaired) electrons. The molecule has 0 unspecified atom stereocenters. The van der Waals surface area contributed by atoms with Crippen LogP contribution in [0.15, 0.2) is 12.1 Å². The Morgan fingerprint density at radius 3 is 2.81 bits per heavy atom. The van der Waals surface area contributed by atoms with Crippen molar-refractivity contribution in [3.8, 4) is 17.2 Å². The van der Waals surface area contributed by atoms with Gasteiger partial charge in [0.25, 0.3) is 0 Å². The van der Waals surface area contributed by atoms with Crippen molar-refractivity contribution in [2.24, 2.45) is 0 Å². The van der Waals surface area contributed by atoms with Gasteiger partial charge in [-0.15, -0.1) is 0 Å². The summed E-state index contributed by atoms with van der Waals surface area (Å²) in [5.41, 5.74) is 0.378. The number of fused-ring (bicyclic) bond motifs is 1. The van der Waals surface area contributed by atoms with Crippen LogP contribution in [0.25, 0.3) is 0 Å². The van der Waals surface area contributed by atoms with Gasteiger partial charge in [0.1, 0.15) is 5.75 Å². The molecule has 1 aromatic rings. The van der Waals surface area contributed by atoms with Crippen molar-refractivity contribution >= 4 is 6.29 Å². The summed E-state index contributed by atoms with van der Waals surface area (Å²) in [7, 11) is 0. The van der Waals surface area contributed by atoms with E-state index in [0.717, 1.165) is 0 Å². The van der Waals surface area contributed by atoms with Crippen LogP contribution in [0.5, 0.6) is 17.2 Å². The summed E-state index contributed by atoms with van der Waals surface area (Å²) in [6.45, 7) is -0.0699. The van der Waals surface area contributed by atoms with E-state index in [0.29, 0.717) is 35.5 Å². The van der Waals surface area contributed by atoms with E-state index in [1.165, 1.54) is 0 Å². The molecule has 0 aromatic heterocycles. The van der Waals surface area contributed by atoms with Crippen molar-refractivity contribution in [3.05, 3.63) is 17.7 Å². The average molecular weight is 226 g/mol. The Balaban J connectivity index is 2.18. The highest BCUT2D eigenvalue weighted by Crippen LogP contribution is 2.37. The van der Waals surface area contributed by atoms with Crippen molar-refractivity contribution in [1.82, 2.24) is 0 Å². The van der Waals surface area contributed by atoms with E-state index in [9.17, 15) is 9.18 Å². The third-order valence-electron chi connectivity index (χ3n) is 2.17. The Labute approximate surface area is 91.9 Å². The van der Waals surface area contributed by atoms with E-state index in [2.05, 4.69) is 0 Å². The third-order valence-corrected chi connectivity index (χ3v) is 2.17. The molecule has 1 aliphatic rings. The number of aldehydes is 1. The molecule has 4 nitrogen and oxygen atoms in total. The molecular formula is C11H11FO4. The van der Waals surface area contributed by atoms with Crippen molar-refractivity contribution in [3.63, 3.8) is 0 Å². The van der Waals surface area contributed by atoms with Gasteiger partial charge in [-0.2, -0.15) is 0 Å². The predicted octanol–water partition coefficient (Wildman–Crippen LogP) is 1.97. The molecule has 1 aliphatic heterocycles. The Morgan fingerprint density at radius 1 is 1.38 bits per heavy atom. The highest BCUT2D eigenvalue weighted by Gasteiger charge is 2.17. The van der Waals surface area contributed by atoms with Crippen LogP contribution < -0.4 is 14.2 Å². The Bertz CT molecular complexity index is 392. The molecule has 1 heterocycles. The van der Waals surface area contributed by atoms with E-state index in [-0.39, 0.29) is 13.4 Å². The van der Waals surface area contributed by atoms with Crippen molar-refractivity contribution in [2.75, 3.05) is 20.1 Å². The Kier molecular flexibility index (Phi) is 3.24. The normalized spacial score (nSPS) is 12.6. The SMILES string of the molecule is O=Cc1cc2c(cc1OCCCF)OCO2. The van der Waals surface area contributed by atoms with Gasteiger partial charge in [-0.25, -0.2) is 0 Å². The molecule has 0 N–H and O–H groups in total. The number of carbonyl (C=O) groups is 1. The lowest BCUT2D eigenvalue weighted by atomic mass is 10.2. The van der Waals surface area contributed by atoms with E-state index in [1.54, 1.807) is 12.1 Å². The molecule has 16 heavy (non-hydrogen) atoms. The minimum atomic E-state index is -0.443. The summed E-state index contributed by atoms with van der Waals surface area (Å²) in [5.74, 6) is 1.47. The quantitative estimate of drug-likeness (QED) is 0.568. The predicted molar refractivity (Wildman–Crippen MR) is 54.0 cm³/mol. The number of hydrogen-bond donors (Lipinski definition) is 0. The Hall–Kier alpha value is -1.78. The maximum Gasteiger partial charge on any atom is 0.231 e. The molecule has 0 fully saturated rings. The van der Waals surface area contributed by atoms with Crippen LogP contribution in [0, 0.1) is 0 Å². The van der Waals surface area contributed by atoms with E-state index in [4.69, 9.17) is 14.2 Å². The van der Waals surface area contributed by atoms with E-state index >= 15 is 0 Å². The van der Waals surface area contributed by atoms with Crippen LogP contribution in [-0.2, 0) is 0 Å². The minimum absolute atomic E-state index is 0.140. The number of alkyl halides is 1. The lowest BCUT2D eigenvalue weighted by Gasteiger charge is -2.08. The van der Waals surface area contributed by atoms with Crippen LogP contribution in [0.3, 0.4) is 0 Å². The van der Waals surface area contributed by atoms with Gasteiger partial charge in [0.2, 0.25) is 6.79 Å². The lowest BCUT2D eigenvalue weighted by molar-refractivity contribution is 0.111. The molecule has 0 bridgehead atoms. The monoisotopic (exact) mass is 226 g/mol. The Morgan fingerprint density at radius 2 is 2.12 bits per heavy atom. The van der Waals surface area contributed by atoms with Gasteiger partial charge in [0, 0.05) is 12.5 Å². The topological polar surface area (TPSA) is 44.8 Å². The first-order valence-corrected chi connectivity index (χ1v) is 4.92. The first-order valence-electron chi connectivity index (χ1n) is 4.92. The zero-order valence-electron chi connectivity index (χ0n) is 8.57. The second-order valence-corrected chi connectivity index (χ2v) is 3.25. The van der Waals surface area contributed by atoms with Gasteiger partial charge in [-0.3, -0.25) is 9.18 Å². The molecule has 1 aromatic carbocycles. The maximum absolute atomic E-state index is 11.9. The zero-order chi connectivity index (χ0) is 11.4. The molecule has 0 saturated carbocycles. The fourth-order valence-electron chi connectivity index (χ4n) is 1.39. The molecule has 0 amide bonds. The molecule has 0 atom stereocenters. The number of ether oxygens (including phenoxy) is 3. The molecule has 0 saturated heterocycles. The fourth-order valence-corrected chi connectivity index (χ4v) is 1.39. The fraction of sp³-hybridized carbons (Fsp3) is 0.364. The summed E-state index contributed by atoms with van der Waals surface area (Å²) in [5, 5.41) is 0. The summed E-state index contributed by atoms with van der Waals surface area (Å²) >= 11 is 0. The van der Waals surface area contributed by atoms with Crippen molar-refractivity contribution in [2.45, 2.75) is 6.42 Å². The molecular weight excluding hydrogens is 215 g/mol. The second kappa shape index (κ2) is 4.83. The average Bonchev–Trinajstić information content (AvgIpc) is 2.75. The van der Waals surface area contributed by atoms with Crippen molar-refractivity contribution in [1.29, 1.82) is 0 Å². The smallest absolute Gasteiger partial charge is 0.231 e. The molecule has 0 spiro atoms. The third kappa shape index (κ3) is 2.08. The molecule has 0 aliphatic carbocycles. The summed E-state index contributed by atoms with van der Waals surface area (Å²) < 4.78 is 27.5. The first-order chi connectivity index (χ1) is 7.85. The second-order valence-electron chi connectivity index (χ2n) is 3.25. The molecule has 5 heteroatoms. The molecule has 2 rings (SSSR count). The number of hydrogen-bond acceptors (Lipinski definition) is 4. The summed E-state index contributed by atoms with van der Waals surface area (Å²) in [6, 6.07) is 3.14. The van der Waals surface area contributed by atoms with Gasteiger partial charge in [-0.05, 0) is 6.07 Å². The van der Waals surface area contributed by atoms with Gasteiger partial charge >= 0.3 is 0 Å². The summed E-state index contributed by atoms with van der Waals surface area (Å²) in [4.78, 5) is 10.8. The highest BCUT2D eigenvalue weighted by molar-refractivity contribution is 5.81. The molecule has 86 valence electrons. The number of benzene rings is 1. The number of halogens is 1. The first kappa shape index (κ1) is 10.7. The highest BCUT2D eigenvalue weighted by atomic mass is 19.1. The van der Waals surface area contributed by atoms with Crippen LogP contribution in [-0.4, -0.2) is 26.4 Å². The largest absolute Gasteiger partial charge is 0.493 e. The van der Waals surface area contributed by atoms with E-state index in [1.807, 2.05) is 0 Å². The number of carbonyl (C=O) groups excluding carboxylic acids is 1. The van der Waals surface area contributed by atoms with Crippen LogP contribution in [0.4, 0.5) is 4.39 Å². The van der Waals surface area contributed by atoms with Crippen LogP contribution in [0.1, 0.15) is 16.8 Å². The van der Waals surface area contributed by atoms with Crippen LogP contribution in [0.2, 0.25) is 0 Å². The maximum atomic E-state index is 11.9. The summed E-state index contributed by atoms with van der Waals surface area (Å²) in [6.07, 6.45) is 0.972. The minimum Gasteiger partial charge on any atom is -0.493 e. The lowest BCUT2D eigenvalue weighted by Crippen LogP contribution is -2.00. The van der Waals surface area contributed by atoms with Gasteiger partial charge in [0.15, 0.2) is 17.8 Å². The standard InChI is InChI=1S/C11H11FO4/c12-2-1-3-14-9-5-11-10(15-7-16-11)4-8(9)6-13/h4-6H,1-3,7H2. The van der Waals surface area contributed by atoms with Gasteiger partial charge in [0.05, 0.1) is 18.8 Å². The van der Waals surface area contributed by atoms with Crippen LogP contribution >= 0.6 is 0 Å². The van der Waals surface area contributed by atoms with E-state index < -0.39 is 6.67 Å². The van der Waals surface area contributed by atoms with Crippen molar-refractivity contribution < 1.29 is 23.4 Å².